The summed E-state index contributed by atoms with van der Waals surface area (Å²) in [6.45, 7) is 9.90. The van der Waals surface area contributed by atoms with Crippen molar-refractivity contribution in [3.05, 3.63) is 55.6 Å². The first-order chi connectivity index (χ1) is 26.1. The monoisotopic (exact) mass is 768 g/mol. The number of β-amino-alcohol motifs (C(OH)–C–C–N with tert-alkyl or cyclic N) is 1. The number of rotatable bonds is 24. The van der Waals surface area contributed by atoms with Gasteiger partial charge < -0.3 is 43.4 Å². The van der Waals surface area contributed by atoms with E-state index in [1.165, 1.54) is 0 Å². The Labute approximate surface area is 317 Å². The van der Waals surface area contributed by atoms with Gasteiger partial charge in [0.05, 0.1) is 44.7 Å². The quantitative estimate of drug-likeness (QED) is 0.0913. The second-order valence-corrected chi connectivity index (χ2v) is 14.7. The zero-order chi connectivity index (χ0) is 38.9. The zero-order valence-corrected chi connectivity index (χ0v) is 32.0. The van der Waals surface area contributed by atoms with Crippen LogP contribution in [0.25, 0.3) is 0 Å². The van der Waals surface area contributed by atoms with E-state index in [0.29, 0.717) is 45.7 Å². The van der Waals surface area contributed by atoms with Crippen molar-refractivity contribution in [2.24, 2.45) is 11.8 Å². The van der Waals surface area contributed by atoms with Gasteiger partial charge in [0.1, 0.15) is 12.7 Å². The molecule has 2 aliphatic heterocycles. The number of aliphatic hydroxyl groups is 1. The number of hydrogen-bond acceptors (Lipinski definition) is 14. The van der Waals surface area contributed by atoms with E-state index in [4.69, 9.17) is 23.7 Å². The highest BCUT2D eigenvalue weighted by molar-refractivity contribution is 5.76. The van der Waals surface area contributed by atoms with Crippen LogP contribution < -0.4 is 0 Å². The van der Waals surface area contributed by atoms with Gasteiger partial charge in [-0.05, 0) is 62.5 Å². The molecule has 17 nitrogen and oxygen atoms in total. The van der Waals surface area contributed by atoms with Crippen molar-refractivity contribution in [1.29, 1.82) is 0 Å². The standard InChI is InChI=1S/C37H60N4O13/c1-4-49-22-27(2)23-50-24-28-9-12-30(13-10-28)37-33(42)20-39(36(43)8-5-7-31(54-41(46)47)26-53-40(44)45)21-35(37)52-25-29-11-14-34-32(19-29)38(16-18-51-34)15-6-17-48-3/h9-10,12-13,27,29,31-35,37,42H,4-8,11,14-26H2,1-3H3. The summed E-state index contributed by atoms with van der Waals surface area (Å²) in [5, 5.41) is 31.0. The van der Waals surface area contributed by atoms with Crippen LogP contribution in [0.15, 0.2) is 24.3 Å². The van der Waals surface area contributed by atoms with Crippen molar-refractivity contribution >= 4 is 5.91 Å². The zero-order valence-electron chi connectivity index (χ0n) is 32.0. The van der Waals surface area contributed by atoms with Crippen molar-refractivity contribution in [2.75, 3.05) is 79.5 Å². The number of hydrogen-bond donors (Lipinski definition) is 1. The summed E-state index contributed by atoms with van der Waals surface area (Å²) in [5.41, 5.74) is 1.92. The molecular formula is C37H60N4O13. The fourth-order valence-electron chi connectivity index (χ4n) is 7.81. The van der Waals surface area contributed by atoms with E-state index in [2.05, 4.69) is 21.5 Å². The van der Waals surface area contributed by atoms with Gasteiger partial charge in [-0.2, -0.15) is 0 Å². The average Bonchev–Trinajstić information content (AvgIpc) is 3.15. The SMILES string of the molecule is CCOCC(C)COCc1ccc(C2C(O)CN(C(=O)CCCC(CO[N+](=O)[O-])O[N+](=O)[O-])CC2OCC2CCC3OCCN(CCCOC)C3C2)cc1. The molecule has 2 saturated heterocycles. The Morgan fingerprint density at radius 1 is 1.06 bits per heavy atom. The van der Waals surface area contributed by atoms with Crippen LogP contribution in [0.3, 0.4) is 0 Å². The largest absolute Gasteiger partial charge is 0.391 e. The molecule has 1 amide bonds. The summed E-state index contributed by atoms with van der Waals surface area (Å²) >= 11 is 0. The number of likely N-dealkylation sites (tertiary alicyclic amines) is 1. The summed E-state index contributed by atoms with van der Waals surface area (Å²) in [6.07, 6.45) is 1.57. The topological polar surface area (TPSA) is 195 Å². The van der Waals surface area contributed by atoms with E-state index in [1.807, 2.05) is 31.2 Å². The first kappa shape index (κ1) is 43.5. The number of benzene rings is 1. The minimum Gasteiger partial charge on any atom is -0.391 e. The molecule has 306 valence electrons. The van der Waals surface area contributed by atoms with E-state index in [0.717, 1.165) is 56.5 Å². The number of morpholine rings is 1. The molecule has 3 aliphatic rings. The molecule has 0 spiro atoms. The third-order valence-corrected chi connectivity index (χ3v) is 10.5. The first-order valence-corrected chi connectivity index (χ1v) is 19.3. The van der Waals surface area contributed by atoms with Gasteiger partial charge in [0.15, 0.2) is 0 Å². The molecular weight excluding hydrogens is 708 g/mol. The van der Waals surface area contributed by atoms with Crippen molar-refractivity contribution in [2.45, 2.75) is 102 Å². The fraction of sp³-hybridized carbons (Fsp3) is 0.811. The predicted molar refractivity (Wildman–Crippen MR) is 194 cm³/mol. The predicted octanol–water partition coefficient (Wildman–Crippen LogP) is 3.41. The molecule has 1 aliphatic carbocycles. The van der Waals surface area contributed by atoms with Crippen molar-refractivity contribution < 1.29 is 53.4 Å². The maximum atomic E-state index is 13.5. The number of methoxy groups -OCH3 is 1. The maximum absolute atomic E-state index is 13.5. The minimum absolute atomic E-state index is 0.00261. The summed E-state index contributed by atoms with van der Waals surface area (Å²) in [7, 11) is 1.72. The molecule has 1 saturated carbocycles. The van der Waals surface area contributed by atoms with Crippen LogP contribution >= 0.6 is 0 Å². The Balaban J connectivity index is 1.41. The van der Waals surface area contributed by atoms with Crippen LogP contribution in [0.5, 0.6) is 0 Å². The number of ether oxygens (including phenoxy) is 5. The molecule has 3 fully saturated rings. The number of piperidine rings is 1. The van der Waals surface area contributed by atoms with Crippen molar-refractivity contribution in [3.63, 3.8) is 0 Å². The number of fused-ring (bicyclic) bond motifs is 1. The first-order valence-electron chi connectivity index (χ1n) is 19.3. The van der Waals surface area contributed by atoms with Crippen molar-refractivity contribution in [1.82, 2.24) is 9.80 Å². The number of carbonyl (C=O) groups is 1. The van der Waals surface area contributed by atoms with Gasteiger partial charge in [0.25, 0.3) is 10.2 Å². The van der Waals surface area contributed by atoms with Crippen molar-refractivity contribution in [3.8, 4) is 0 Å². The lowest BCUT2D eigenvalue weighted by Crippen LogP contribution is -2.55. The van der Waals surface area contributed by atoms with Crippen LogP contribution in [0.2, 0.25) is 0 Å². The number of carbonyl (C=O) groups excluding carboxylic acids is 1. The van der Waals surface area contributed by atoms with Gasteiger partial charge in [-0.3, -0.25) is 9.69 Å². The minimum atomic E-state index is -1.20. The molecule has 1 N–H and O–H groups in total. The number of amides is 1. The summed E-state index contributed by atoms with van der Waals surface area (Å²) < 4.78 is 29.6. The molecule has 0 aromatic heterocycles. The van der Waals surface area contributed by atoms with Crippen LogP contribution in [0.1, 0.15) is 75.8 Å². The Hall–Kier alpha value is -3.19. The highest BCUT2D eigenvalue weighted by atomic mass is 17.0. The van der Waals surface area contributed by atoms with Gasteiger partial charge >= 0.3 is 0 Å². The molecule has 8 unspecified atom stereocenters. The number of nitrogens with zero attached hydrogens (tertiary/aromatic N) is 4. The van der Waals surface area contributed by atoms with Gasteiger partial charge in [-0.25, -0.2) is 0 Å². The third kappa shape index (κ3) is 14.1. The highest BCUT2D eigenvalue weighted by Crippen LogP contribution is 2.36. The average molecular weight is 769 g/mol. The molecule has 0 radical (unpaired) electrons. The Bertz CT molecular complexity index is 1280. The Kier molecular flexibility index (Phi) is 18.6. The lowest BCUT2D eigenvalue weighted by molar-refractivity contribution is -0.790. The van der Waals surface area contributed by atoms with E-state index in [-0.39, 0.29) is 62.1 Å². The van der Waals surface area contributed by atoms with Gasteiger partial charge in [-0.1, -0.05) is 31.2 Å². The molecule has 0 bridgehead atoms. The van der Waals surface area contributed by atoms with Gasteiger partial charge in [0, 0.05) is 77.4 Å². The number of aliphatic hydroxyl groups excluding tert-OH is 1. The van der Waals surface area contributed by atoms with E-state index in [9.17, 15) is 30.1 Å². The van der Waals surface area contributed by atoms with Crippen LogP contribution in [-0.4, -0.2) is 141 Å². The smallest absolute Gasteiger partial charge is 0.294 e. The molecule has 2 heterocycles. The summed E-state index contributed by atoms with van der Waals surface area (Å²) in [6, 6.07) is 8.29. The fourth-order valence-corrected chi connectivity index (χ4v) is 7.81. The van der Waals surface area contributed by atoms with Crippen LogP contribution in [-0.2, 0) is 44.8 Å². The van der Waals surface area contributed by atoms with E-state index >= 15 is 0 Å². The summed E-state index contributed by atoms with van der Waals surface area (Å²) in [4.78, 5) is 47.8. The van der Waals surface area contributed by atoms with Crippen LogP contribution in [0.4, 0.5) is 0 Å². The lowest BCUT2D eigenvalue weighted by atomic mass is 9.81. The molecule has 4 rings (SSSR count). The van der Waals surface area contributed by atoms with E-state index in [1.54, 1.807) is 12.0 Å². The van der Waals surface area contributed by atoms with Crippen LogP contribution in [0, 0.1) is 32.1 Å². The maximum Gasteiger partial charge on any atom is 0.294 e. The molecule has 1 aromatic carbocycles. The lowest BCUT2D eigenvalue weighted by Gasteiger charge is -2.47. The molecule has 54 heavy (non-hydrogen) atoms. The third-order valence-electron chi connectivity index (χ3n) is 10.5. The van der Waals surface area contributed by atoms with E-state index < -0.39 is 35.1 Å². The van der Waals surface area contributed by atoms with Gasteiger partial charge in [-0.15, -0.1) is 20.2 Å². The summed E-state index contributed by atoms with van der Waals surface area (Å²) in [5.74, 6) is -0.0737. The second-order valence-electron chi connectivity index (χ2n) is 14.7. The molecule has 8 atom stereocenters. The molecule has 1 aromatic rings. The van der Waals surface area contributed by atoms with Gasteiger partial charge in [0.2, 0.25) is 5.91 Å². The Morgan fingerprint density at radius 3 is 2.56 bits per heavy atom. The Morgan fingerprint density at radius 2 is 1.83 bits per heavy atom. The normalized spacial score (nSPS) is 25.7. The molecule has 17 heteroatoms. The highest BCUT2D eigenvalue weighted by Gasteiger charge is 2.41. The second kappa shape index (κ2) is 23.0.